The van der Waals surface area contributed by atoms with Gasteiger partial charge in [-0.25, -0.2) is 9.18 Å². The average molecular weight is 409 g/mol. The van der Waals surface area contributed by atoms with Crippen LogP contribution in [0.5, 0.6) is 5.75 Å². The van der Waals surface area contributed by atoms with Gasteiger partial charge in [0.25, 0.3) is 0 Å². The highest BCUT2D eigenvalue weighted by Gasteiger charge is 2.38. The zero-order valence-electron chi connectivity index (χ0n) is 18.0. The van der Waals surface area contributed by atoms with E-state index in [0.29, 0.717) is 38.2 Å². The number of benzene rings is 1. The van der Waals surface area contributed by atoms with Crippen LogP contribution in [0.25, 0.3) is 0 Å². The molecule has 29 heavy (non-hydrogen) atoms. The SMILES string of the molecule is CC(C)[C@@H](C(=O)N1CCC(Oc2ccc(F)cc2)CC1)N(CC(C)(C)C)C(=O)O. The summed E-state index contributed by atoms with van der Waals surface area (Å²) >= 11 is 0. The number of nitrogens with zero attached hydrogens (tertiary/aromatic N) is 2. The molecule has 1 N–H and O–H groups in total. The van der Waals surface area contributed by atoms with Crippen molar-refractivity contribution in [1.82, 2.24) is 9.80 Å². The molecule has 1 fully saturated rings. The molecule has 0 aliphatic carbocycles. The Labute approximate surface area is 172 Å². The lowest BCUT2D eigenvalue weighted by Crippen LogP contribution is -2.56. The van der Waals surface area contributed by atoms with E-state index in [1.54, 1.807) is 17.0 Å². The number of rotatable bonds is 6. The van der Waals surface area contributed by atoms with E-state index in [4.69, 9.17) is 4.74 Å². The number of ether oxygens (including phenoxy) is 1. The van der Waals surface area contributed by atoms with Gasteiger partial charge in [0, 0.05) is 32.5 Å². The first kappa shape index (κ1) is 23.0. The van der Waals surface area contributed by atoms with E-state index >= 15 is 0 Å². The lowest BCUT2D eigenvalue weighted by Gasteiger charge is -2.40. The molecule has 2 rings (SSSR count). The highest BCUT2D eigenvalue weighted by Crippen LogP contribution is 2.24. The smallest absolute Gasteiger partial charge is 0.408 e. The third kappa shape index (κ3) is 6.61. The number of carboxylic acid groups (broad SMARTS) is 1. The molecule has 0 bridgehead atoms. The summed E-state index contributed by atoms with van der Waals surface area (Å²) in [5.41, 5.74) is -0.248. The Kier molecular flexibility index (Phi) is 7.49. The van der Waals surface area contributed by atoms with Gasteiger partial charge in [-0.3, -0.25) is 9.69 Å². The fourth-order valence-corrected chi connectivity index (χ4v) is 3.66. The van der Waals surface area contributed by atoms with E-state index in [0.717, 1.165) is 0 Å². The van der Waals surface area contributed by atoms with Gasteiger partial charge in [-0.1, -0.05) is 34.6 Å². The molecule has 1 aliphatic heterocycles. The van der Waals surface area contributed by atoms with Crippen molar-refractivity contribution in [1.29, 1.82) is 0 Å². The molecule has 1 aromatic carbocycles. The summed E-state index contributed by atoms with van der Waals surface area (Å²) < 4.78 is 18.9. The molecule has 6 nitrogen and oxygen atoms in total. The van der Waals surface area contributed by atoms with Gasteiger partial charge >= 0.3 is 6.09 Å². The van der Waals surface area contributed by atoms with Gasteiger partial charge in [0.2, 0.25) is 5.91 Å². The fraction of sp³-hybridized carbons (Fsp3) is 0.636. The Morgan fingerprint density at radius 1 is 1.21 bits per heavy atom. The van der Waals surface area contributed by atoms with Gasteiger partial charge in [0.05, 0.1) is 0 Å². The highest BCUT2D eigenvalue weighted by molar-refractivity contribution is 5.85. The quantitative estimate of drug-likeness (QED) is 0.764. The number of amides is 2. The predicted molar refractivity (Wildman–Crippen MR) is 109 cm³/mol. The van der Waals surface area contributed by atoms with Gasteiger partial charge in [-0.2, -0.15) is 0 Å². The van der Waals surface area contributed by atoms with Crippen molar-refractivity contribution < 1.29 is 23.8 Å². The van der Waals surface area contributed by atoms with Crippen LogP contribution in [-0.2, 0) is 4.79 Å². The van der Waals surface area contributed by atoms with Crippen LogP contribution in [0.1, 0.15) is 47.5 Å². The summed E-state index contributed by atoms with van der Waals surface area (Å²) in [6, 6.07) is 5.20. The fourth-order valence-electron chi connectivity index (χ4n) is 3.66. The van der Waals surface area contributed by atoms with Crippen LogP contribution in [0.15, 0.2) is 24.3 Å². The second kappa shape index (κ2) is 9.46. The molecule has 0 aromatic heterocycles. The molecule has 1 saturated heterocycles. The Morgan fingerprint density at radius 2 is 1.76 bits per heavy atom. The lowest BCUT2D eigenvalue weighted by molar-refractivity contribution is -0.140. The minimum absolute atomic E-state index is 0.0489. The first-order valence-electron chi connectivity index (χ1n) is 10.2. The number of hydrogen-bond donors (Lipinski definition) is 1. The van der Waals surface area contributed by atoms with Gasteiger partial charge in [-0.15, -0.1) is 0 Å². The van der Waals surface area contributed by atoms with E-state index < -0.39 is 12.1 Å². The van der Waals surface area contributed by atoms with Crippen LogP contribution in [-0.4, -0.2) is 58.7 Å². The monoisotopic (exact) mass is 408 g/mol. The summed E-state index contributed by atoms with van der Waals surface area (Å²) in [6.45, 7) is 11.0. The zero-order chi connectivity index (χ0) is 21.8. The van der Waals surface area contributed by atoms with Crippen molar-refractivity contribution >= 4 is 12.0 Å². The molecule has 0 saturated carbocycles. The minimum atomic E-state index is -1.07. The predicted octanol–water partition coefficient (Wildman–Crippen LogP) is 4.25. The number of carbonyl (C=O) groups is 2. The van der Waals surface area contributed by atoms with E-state index in [9.17, 15) is 19.1 Å². The summed E-state index contributed by atoms with van der Waals surface area (Å²) in [6.07, 6.45) is 0.189. The van der Waals surface area contributed by atoms with Crippen LogP contribution in [0, 0.1) is 17.2 Å². The third-order valence-electron chi connectivity index (χ3n) is 4.98. The van der Waals surface area contributed by atoms with Crippen LogP contribution >= 0.6 is 0 Å². The first-order chi connectivity index (χ1) is 13.5. The molecule has 1 atom stereocenters. The largest absolute Gasteiger partial charge is 0.490 e. The summed E-state index contributed by atoms with van der Waals surface area (Å²) in [5, 5.41) is 9.74. The zero-order valence-corrected chi connectivity index (χ0v) is 18.0. The minimum Gasteiger partial charge on any atom is -0.490 e. The number of halogens is 1. The van der Waals surface area contributed by atoms with E-state index in [1.165, 1.54) is 17.0 Å². The van der Waals surface area contributed by atoms with Crippen LogP contribution in [0.2, 0.25) is 0 Å². The van der Waals surface area contributed by atoms with Crippen molar-refractivity contribution in [2.24, 2.45) is 11.3 Å². The Balaban J connectivity index is 2.02. The summed E-state index contributed by atoms with van der Waals surface area (Å²) in [5.74, 6) is 0.0234. The third-order valence-corrected chi connectivity index (χ3v) is 4.98. The van der Waals surface area contributed by atoms with E-state index in [1.807, 2.05) is 34.6 Å². The number of likely N-dealkylation sites (tertiary alicyclic amines) is 1. The van der Waals surface area contributed by atoms with E-state index in [2.05, 4.69) is 0 Å². The van der Waals surface area contributed by atoms with Crippen LogP contribution < -0.4 is 4.74 Å². The molecular weight excluding hydrogens is 375 g/mol. The second-order valence-electron chi connectivity index (χ2n) is 9.26. The van der Waals surface area contributed by atoms with Crippen molar-refractivity contribution in [2.45, 2.75) is 59.6 Å². The molecular formula is C22H33FN2O4. The van der Waals surface area contributed by atoms with Crippen molar-refractivity contribution in [2.75, 3.05) is 19.6 Å². The number of hydrogen-bond acceptors (Lipinski definition) is 3. The van der Waals surface area contributed by atoms with Gasteiger partial charge < -0.3 is 14.7 Å². The lowest BCUT2D eigenvalue weighted by atomic mass is 9.92. The maximum Gasteiger partial charge on any atom is 0.408 e. The van der Waals surface area contributed by atoms with Crippen LogP contribution in [0.4, 0.5) is 9.18 Å². The molecule has 0 radical (unpaired) electrons. The van der Waals surface area contributed by atoms with Crippen molar-refractivity contribution in [3.05, 3.63) is 30.1 Å². The maximum atomic E-state index is 13.2. The Hall–Kier alpha value is -2.31. The molecule has 162 valence electrons. The Morgan fingerprint density at radius 3 is 2.21 bits per heavy atom. The first-order valence-corrected chi connectivity index (χ1v) is 10.2. The van der Waals surface area contributed by atoms with Crippen molar-refractivity contribution in [3.63, 3.8) is 0 Å². The molecule has 1 heterocycles. The summed E-state index contributed by atoms with van der Waals surface area (Å²) in [7, 11) is 0. The maximum absolute atomic E-state index is 13.2. The van der Waals surface area contributed by atoms with E-state index in [-0.39, 0.29) is 29.2 Å². The van der Waals surface area contributed by atoms with Crippen LogP contribution in [0.3, 0.4) is 0 Å². The average Bonchev–Trinajstić information content (AvgIpc) is 2.62. The molecule has 1 aliphatic rings. The standard InChI is InChI=1S/C22H33FN2O4/c1-15(2)19(25(21(27)28)14-22(3,4)5)20(26)24-12-10-18(11-13-24)29-17-8-6-16(23)7-9-17/h6-9,15,18-19H,10-14H2,1-5H3,(H,27,28)/t19-/m0/s1. The number of carbonyl (C=O) groups excluding carboxylic acids is 1. The molecule has 0 spiro atoms. The number of piperidine rings is 1. The van der Waals surface area contributed by atoms with Gasteiger partial charge in [0.15, 0.2) is 0 Å². The highest BCUT2D eigenvalue weighted by atomic mass is 19.1. The van der Waals surface area contributed by atoms with Gasteiger partial charge in [0.1, 0.15) is 23.7 Å². The molecule has 7 heteroatoms. The summed E-state index contributed by atoms with van der Waals surface area (Å²) in [4.78, 5) is 28.1. The second-order valence-corrected chi connectivity index (χ2v) is 9.26. The molecule has 0 unspecified atom stereocenters. The normalized spacial score (nSPS) is 16.6. The van der Waals surface area contributed by atoms with Gasteiger partial charge in [-0.05, 0) is 35.6 Å². The molecule has 2 amide bonds. The van der Waals surface area contributed by atoms with Crippen molar-refractivity contribution in [3.8, 4) is 5.75 Å². The Bertz CT molecular complexity index is 692. The topological polar surface area (TPSA) is 70.1 Å². The molecule has 1 aromatic rings.